The summed E-state index contributed by atoms with van der Waals surface area (Å²) < 4.78 is 5.35. The molecule has 0 saturated heterocycles. The molecule has 1 aliphatic carbocycles. The van der Waals surface area contributed by atoms with Gasteiger partial charge in [0.1, 0.15) is 0 Å². The Balaban J connectivity index is 1.98. The third-order valence-corrected chi connectivity index (χ3v) is 3.78. The van der Waals surface area contributed by atoms with Crippen LogP contribution in [-0.4, -0.2) is 24.2 Å². The van der Waals surface area contributed by atoms with Gasteiger partial charge < -0.3 is 10.1 Å². The molecule has 5 heteroatoms. The molecule has 3 atom stereocenters. The van der Waals surface area contributed by atoms with Crippen LogP contribution in [-0.2, 0) is 4.74 Å². The summed E-state index contributed by atoms with van der Waals surface area (Å²) in [5.41, 5.74) is 1.10. The van der Waals surface area contributed by atoms with Crippen molar-refractivity contribution >= 4 is 5.69 Å². The highest BCUT2D eigenvalue weighted by Gasteiger charge is 2.25. The van der Waals surface area contributed by atoms with Gasteiger partial charge in [0.25, 0.3) is 5.69 Å². The van der Waals surface area contributed by atoms with Crippen LogP contribution >= 0.6 is 0 Å². The molecular weight excluding hydrogens is 244 g/mol. The van der Waals surface area contributed by atoms with E-state index >= 15 is 0 Å². The van der Waals surface area contributed by atoms with Gasteiger partial charge in [-0.25, -0.2) is 0 Å². The number of ether oxygens (including phenoxy) is 1. The van der Waals surface area contributed by atoms with Crippen LogP contribution in [0.5, 0.6) is 0 Å². The Labute approximate surface area is 113 Å². The van der Waals surface area contributed by atoms with E-state index in [1.807, 2.05) is 13.0 Å². The normalized spacial score (nSPS) is 24.3. The number of non-ortho nitro benzene ring substituents is 1. The van der Waals surface area contributed by atoms with E-state index in [2.05, 4.69) is 5.32 Å². The van der Waals surface area contributed by atoms with Crippen LogP contribution in [0.1, 0.15) is 37.8 Å². The molecule has 1 aromatic rings. The van der Waals surface area contributed by atoms with Crippen molar-refractivity contribution in [2.45, 2.75) is 44.4 Å². The van der Waals surface area contributed by atoms with Crippen LogP contribution in [0.4, 0.5) is 5.69 Å². The lowest BCUT2D eigenvalue weighted by Crippen LogP contribution is -2.29. The van der Waals surface area contributed by atoms with Crippen molar-refractivity contribution in [1.82, 2.24) is 5.32 Å². The molecule has 0 spiro atoms. The molecule has 1 aromatic carbocycles. The third-order valence-electron chi connectivity index (χ3n) is 3.78. The Hall–Kier alpha value is -1.46. The van der Waals surface area contributed by atoms with Crippen LogP contribution in [0, 0.1) is 10.1 Å². The molecule has 1 N–H and O–H groups in total. The molecule has 19 heavy (non-hydrogen) atoms. The molecule has 1 aliphatic rings. The number of rotatable bonds is 5. The number of nitro groups is 1. The molecule has 0 heterocycles. The number of nitrogens with zero attached hydrogens (tertiary/aromatic N) is 1. The fraction of sp³-hybridized carbons (Fsp3) is 0.571. The highest BCUT2D eigenvalue weighted by atomic mass is 16.6. The molecule has 0 bridgehead atoms. The number of benzene rings is 1. The van der Waals surface area contributed by atoms with Crippen LogP contribution in [0.15, 0.2) is 24.3 Å². The number of nitro benzene ring substituents is 1. The zero-order valence-electron chi connectivity index (χ0n) is 11.3. The minimum Gasteiger partial charge on any atom is -0.381 e. The predicted octanol–water partition coefficient (Wildman–Crippen LogP) is 2.81. The van der Waals surface area contributed by atoms with Gasteiger partial charge in [-0.15, -0.1) is 0 Å². The molecule has 3 unspecified atom stereocenters. The van der Waals surface area contributed by atoms with Crippen molar-refractivity contribution in [3.8, 4) is 0 Å². The van der Waals surface area contributed by atoms with Gasteiger partial charge in [-0.1, -0.05) is 12.1 Å². The Morgan fingerprint density at radius 3 is 2.89 bits per heavy atom. The largest absolute Gasteiger partial charge is 0.381 e. The molecule has 104 valence electrons. The molecular formula is C14H20N2O3. The minimum absolute atomic E-state index is 0.112. The maximum Gasteiger partial charge on any atom is 0.269 e. The standard InChI is InChI=1S/C14H20N2O3/c1-10(15-12-6-7-14(9-12)19-2)11-4-3-5-13(8-11)16(17)18/h3-5,8,10,12,14-15H,6-7,9H2,1-2H3. The molecule has 0 amide bonds. The monoisotopic (exact) mass is 264 g/mol. The Kier molecular flexibility index (Phi) is 4.50. The molecule has 5 nitrogen and oxygen atoms in total. The topological polar surface area (TPSA) is 64.4 Å². The number of nitrogens with one attached hydrogen (secondary N) is 1. The second-order valence-electron chi connectivity index (χ2n) is 5.11. The van der Waals surface area contributed by atoms with E-state index in [1.165, 1.54) is 6.07 Å². The van der Waals surface area contributed by atoms with Crippen molar-refractivity contribution in [2.24, 2.45) is 0 Å². The first kappa shape index (κ1) is 14.0. The number of hydrogen-bond acceptors (Lipinski definition) is 4. The summed E-state index contributed by atoms with van der Waals surface area (Å²) in [6.45, 7) is 2.04. The lowest BCUT2D eigenvalue weighted by atomic mass is 10.1. The number of methoxy groups -OCH3 is 1. The van der Waals surface area contributed by atoms with Gasteiger partial charge in [-0.3, -0.25) is 10.1 Å². The van der Waals surface area contributed by atoms with E-state index in [-0.39, 0.29) is 16.7 Å². The quantitative estimate of drug-likeness (QED) is 0.656. The summed E-state index contributed by atoms with van der Waals surface area (Å²) >= 11 is 0. The third kappa shape index (κ3) is 3.52. The van der Waals surface area contributed by atoms with Crippen molar-refractivity contribution in [3.63, 3.8) is 0 Å². The zero-order valence-corrected chi connectivity index (χ0v) is 11.3. The van der Waals surface area contributed by atoms with Gasteiger partial charge in [0.05, 0.1) is 11.0 Å². The smallest absolute Gasteiger partial charge is 0.269 e. The van der Waals surface area contributed by atoms with E-state index in [4.69, 9.17) is 4.74 Å². The fourth-order valence-electron chi connectivity index (χ4n) is 2.66. The van der Waals surface area contributed by atoms with Gasteiger partial charge in [0, 0.05) is 31.3 Å². The molecule has 1 saturated carbocycles. The van der Waals surface area contributed by atoms with E-state index in [0.29, 0.717) is 12.1 Å². The Bertz CT molecular complexity index is 450. The van der Waals surface area contributed by atoms with E-state index in [1.54, 1.807) is 19.2 Å². The molecule has 2 rings (SSSR count). The van der Waals surface area contributed by atoms with Gasteiger partial charge in [-0.2, -0.15) is 0 Å². The van der Waals surface area contributed by atoms with Gasteiger partial charge >= 0.3 is 0 Å². The average molecular weight is 264 g/mol. The zero-order chi connectivity index (χ0) is 13.8. The Morgan fingerprint density at radius 2 is 2.26 bits per heavy atom. The summed E-state index contributed by atoms with van der Waals surface area (Å²) in [7, 11) is 1.75. The summed E-state index contributed by atoms with van der Waals surface area (Å²) in [4.78, 5) is 10.4. The van der Waals surface area contributed by atoms with Crippen molar-refractivity contribution in [2.75, 3.05) is 7.11 Å². The second kappa shape index (κ2) is 6.12. The summed E-state index contributed by atoms with van der Waals surface area (Å²) in [6, 6.07) is 7.36. The van der Waals surface area contributed by atoms with Gasteiger partial charge in [0.2, 0.25) is 0 Å². The van der Waals surface area contributed by atoms with E-state index < -0.39 is 0 Å². The SMILES string of the molecule is COC1CCC(NC(C)c2cccc([N+](=O)[O-])c2)C1. The van der Waals surface area contributed by atoms with Gasteiger partial charge in [-0.05, 0) is 31.7 Å². The maximum atomic E-state index is 10.8. The van der Waals surface area contributed by atoms with Crippen LogP contribution in [0.25, 0.3) is 0 Å². The molecule has 0 aliphatic heterocycles. The van der Waals surface area contributed by atoms with E-state index in [0.717, 1.165) is 24.8 Å². The predicted molar refractivity (Wildman–Crippen MR) is 73.1 cm³/mol. The van der Waals surface area contributed by atoms with Crippen LogP contribution in [0.2, 0.25) is 0 Å². The summed E-state index contributed by atoms with van der Waals surface area (Å²) in [5.74, 6) is 0. The number of hydrogen-bond donors (Lipinski definition) is 1. The molecule has 1 fully saturated rings. The Morgan fingerprint density at radius 1 is 1.47 bits per heavy atom. The summed E-state index contributed by atoms with van der Waals surface area (Å²) in [5, 5.41) is 14.3. The second-order valence-corrected chi connectivity index (χ2v) is 5.11. The summed E-state index contributed by atoms with van der Waals surface area (Å²) in [6.07, 6.45) is 3.53. The van der Waals surface area contributed by atoms with Crippen LogP contribution in [0.3, 0.4) is 0 Å². The van der Waals surface area contributed by atoms with Crippen molar-refractivity contribution < 1.29 is 9.66 Å². The first-order valence-electron chi connectivity index (χ1n) is 6.63. The fourth-order valence-corrected chi connectivity index (χ4v) is 2.66. The highest BCUT2D eigenvalue weighted by molar-refractivity contribution is 5.35. The van der Waals surface area contributed by atoms with Crippen molar-refractivity contribution in [3.05, 3.63) is 39.9 Å². The van der Waals surface area contributed by atoms with Gasteiger partial charge in [0.15, 0.2) is 0 Å². The highest BCUT2D eigenvalue weighted by Crippen LogP contribution is 2.25. The molecule has 0 aromatic heterocycles. The average Bonchev–Trinajstić information content (AvgIpc) is 2.86. The maximum absolute atomic E-state index is 10.8. The van der Waals surface area contributed by atoms with Crippen LogP contribution < -0.4 is 5.32 Å². The van der Waals surface area contributed by atoms with E-state index in [9.17, 15) is 10.1 Å². The molecule has 0 radical (unpaired) electrons. The first-order chi connectivity index (χ1) is 9.10. The lowest BCUT2D eigenvalue weighted by molar-refractivity contribution is -0.384. The van der Waals surface area contributed by atoms with Crippen molar-refractivity contribution in [1.29, 1.82) is 0 Å². The first-order valence-corrected chi connectivity index (χ1v) is 6.63. The minimum atomic E-state index is -0.354. The lowest BCUT2D eigenvalue weighted by Gasteiger charge is -2.19.